The maximum atomic E-state index is 12.6. The number of aromatic hydroxyl groups is 1. The van der Waals surface area contributed by atoms with Crippen molar-refractivity contribution >= 4 is 22.4 Å². The molecule has 3 aromatic carbocycles. The second-order valence-corrected chi connectivity index (χ2v) is 5.80. The predicted octanol–water partition coefficient (Wildman–Crippen LogP) is 3.70. The summed E-state index contributed by atoms with van der Waals surface area (Å²) in [7, 11) is 1.55. The summed E-state index contributed by atoms with van der Waals surface area (Å²) in [5.74, 6) is -0.526. The number of esters is 1. The van der Waals surface area contributed by atoms with Crippen LogP contribution in [0.1, 0.15) is 10.4 Å². The molecule has 1 N–H and O–H groups in total. The summed E-state index contributed by atoms with van der Waals surface area (Å²) in [4.78, 5) is 22.7. The van der Waals surface area contributed by atoms with Gasteiger partial charge in [-0.1, -0.05) is 24.3 Å². The maximum Gasteiger partial charge on any atom is 0.347 e. The number of carbonyl (C=O) groups excluding carboxylic acids is 1. The average Bonchev–Trinajstić information content (AvgIpc) is 2.70. The minimum absolute atomic E-state index is 0.0792. The van der Waals surface area contributed by atoms with E-state index in [0.717, 1.165) is 0 Å². The van der Waals surface area contributed by atoms with Gasteiger partial charge in [-0.25, -0.2) is 4.79 Å². The fraction of sp³-hybridized carbons (Fsp3) is 0.150. The second-order valence-electron chi connectivity index (χ2n) is 5.80. The molecular weight excluding hydrogens is 366 g/mol. The molecule has 8 nitrogen and oxygen atoms in total. The van der Waals surface area contributed by atoms with Crippen molar-refractivity contribution in [3.63, 3.8) is 0 Å². The molecule has 0 heterocycles. The lowest BCUT2D eigenvalue weighted by Crippen LogP contribution is -2.10. The van der Waals surface area contributed by atoms with Crippen molar-refractivity contribution in [2.24, 2.45) is 0 Å². The van der Waals surface area contributed by atoms with Crippen LogP contribution in [0.2, 0.25) is 0 Å². The van der Waals surface area contributed by atoms with E-state index >= 15 is 0 Å². The minimum atomic E-state index is -0.811. The fourth-order valence-electron chi connectivity index (χ4n) is 2.63. The second kappa shape index (κ2) is 8.36. The number of hydrogen-bond donors (Lipinski definition) is 1. The Morgan fingerprint density at radius 1 is 1.07 bits per heavy atom. The van der Waals surface area contributed by atoms with E-state index in [9.17, 15) is 20.0 Å². The van der Waals surface area contributed by atoms with Crippen LogP contribution >= 0.6 is 0 Å². The molecule has 0 saturated heterocycles. The van der Waals surface area contributed by atoms with E-state index in [1.807, 2.05) is 0 Å². The molecule has 0 fully saturated rings. The first-order valence-corrected chi connectivity index (χ1v) is 8.34. The van der Waals surface area contributed by atoms with Crippen molar-refractivity contribution < 1.29 is 29.0 Å². The molecule has 0 amide bonds. The van der Waals surface area contributed by atoms with E-state index in [1.54, 1.807) is 31.4 Å². The molecule has 0 radical (unpaired) electrons. The summed E-state index contributed by atoms with van der Waals surface area (Å²) < 4.78 is 15.9. The lowest BCUT2D eigenvalue weighted by atomic mass is 10.0. The van der Waals surface area contributed by atoms with E-state index in [2.05, 4.69) is 0 Å². The van der Waals surface area contributed by atoms with Gasteiger partial charge in [0.2, 0.25) is 0 Å². The van der Waals surface area contributed by atoms with Crippen LogP contribution in [0.3, 0.4) is 0 Å². The van der Waals surface area contributed by atoms with Gasteiger partial charge in [0.1, 0.15) is 29.4 Å². The summed E-state index contributed by atoms with van der Waals surface area (Å²) in [6.07, 6.45) is 0. The van der Waals surface area contributed by atoms with Gasteiger partial charge in [-0.2, -0.15) is 0 Å². The van der Waals surface area contributed by atoms with Gasteiger partial charge in [-0.3, -0.25) is 10.1 Å². The number of nitro benzene ring substituents is 1. The molecule has 0 aliphatic rings. The number of non-ortho nitro benzene ring substituents is 1. The number of hydrogen-bond acceptors (Lipinski definition) is 7. The molecule has 8 heteroatoms. The highest BCUT2D eigenvalue weighted by Gasteiger charge is 2.20. The van der Waals surface area contributed by atoms with Crippen molar-refractivity contribution in [3.05, 3.63) is 70.3 Å². The molecule has 144 valence electrons. The van der Waals surface area contributed by atoms with E-state index in [-0.39, 0.29) is 29.4 Å². The first kappa shape index (κ1) is 19.1. The van der Waals surface area contributed by atoms with Gasteiger partial charge >= 0.3 is 5.97 Å². The molecule has 0 aliphatic carbocycles. The molecule has 0 aliphatic heterocycles. The van der Waals surface area contributed by atoms with E-state index < -0.39 is 10.9 Å². The topological polar surface area (TPSA) is 108 Å². The Bertz CT molecular complexity index is 1010. The SMILES string of the molecule is COCCOc1cc(C(=O)Oc2ccc([N+](=O)[O-])cc2)c(O)c2ccccc12. The molecule has 3 aromatic rings. The van der Waals surface area contributed by atoms with Crippen molar-refractivity contribution in [3.8, 4) is 17.2 Å². The molecule has 0 saturated carbocycles. The quantitative estimate of drug-likeness (QED) is 0.218. The molecule has 0 unspecified atom stereocenters. The summed E-state index contributed by atoms with van der Waals surface area (Å²) in [6, 6.07) is 13.4. The molecule has 0 aromatic heterocycles. The Hall–Kier alpha value is -3.65. The van der Waals surface area contributed by atoms with Crippen LogP contribution in [0, 0.1) is 10.1 Å². The van der Waals surface area contributed by atoms with E-state index in [1.165, 1.54) is 30.3 Å². The monoisotopic (exact) mass is 383 g/mol. The zero-order valence-electron chi connectivity index (χ0n) is 15.0. The highest BCUT2D eigenvalue weighted by atomic mass is 16.6. The van der Waals surface area contributed by atoms with Gasteiger partial charge in [0.15, 0.2) is 0 Å². The highest BCUT2D eigenvalue weighted by molar-refractivity contribution is 6.04. The lowest BCUT2D eigenvalue weighted by Gasteiger charge is -2.13. The number of phenolic OH excluding ortho intramolecular Hbond substituents is 1. The third-order valence-corrected chi connectivity index (χ3v) is 4.00. The third kappa shape index (κ3) is 4.02. The van der Waals surface area contributed by atoms with Crippen molar-refractivity contribution in [1.82, 2.24) is 0 Å². The van der Waals surface area contributed by atoms with Gasteiger partial charge in [-0.05, 0) is 18.2 Å². The van der Waals surface area contributed by atoms with Gasteiger partial charge < -0.3 is 19.3 Å². The lowest BCUT2D eigenvalue weighted by molar-refractivity contribution is -0.384. The Morgan fingerprint density at radius 2 is 1.75 bits per heavy atom. The van der Waals surface area contributed by atoms with Gasteiger partial charge in [0.25, 0.3) is 5.69 Å². The fourth-order valence-corrected chi connectivity index (χ4v) is 2.63. The van der Waals surface area contributed by atoms with Crippen LogP contribution in [0.25, 0.3) is 10.8 Å². The molecule has 28 heavy (non-hydrogen) atoms. The molecule has 3 rings (SSSR count). The maximum absolute atomic E-state index is 12.6. The number of ether oxygens (including phenoxy) is 3. The largest absolute Gasteiger partial charge is 0.506 e. The number of benzene rings is 3. The highest BCUT2D eigenvalue weighted by Crippen LogP contribution is 2.36. The first-order chi connectivity index (χ1) is 13.5. The number of nitro groups is 1. The van der Waals surface area contributed by atoms with Gasteiger partial charge in [-0.15, -0.1) is 0 Å². The van der Waals surface area contributed by atoms with Crippen LogP contribution in [0.4, 0.5) is 5.69 Å². The summed E-state index contributed by atoms with van der Waals surface area (Å²) in [5, 5.41) is 22.3. The molecule has 0 bridgehead atoms. The van der Waals surface area contributed by atoms with Crippen LogP contribution in [-0.4, -0.2) is 36.3 Å². The summed E-state index contributed by atoms with van der Waals surface area (Å²) in [6.45, 7) is 0.625. The van der Waals surface area contributed by atoms with Crippen LogP contribution in [-0.2, 0) is 4.74 Å². The Labute approximate surface area is 160 Å². The summed E-state index contributed by atoms with van der Waals surface area (Å²) in [5.41, 5.74) is -0.202. The Morgan fingerprint density at radius 3 is 2.39 bits per heavy atom. The standard InChI is InChI=1S/C20H17NO7/c1-26-10-11-27-18-12-17(19(22)16-5-3-2-4-15(16)18)20(23)28-14-8-6-13(7-9-14)21(24)25/h2-9,12,22H,10-11H2,1H3. The van der Waals surface area contributed by atoms with Crippen LogP contribution < -0.4 is 9.47 Å². The minimum Gasteiger partial charge on any atom is -0.506 e. The number of nitrogens with zero attached hydrogens (tertiary/aromatic N) is 1. The number of rotatable bonds is 7. The predicted molar refractivity (Wildman–Crippen MR) is 101 cm³/mol. The zero-order chi connectivity index (χ0) is 20.1. The Kier molecular flexibility index (Phi) is 5.71. The first-order valence-electron chi connectivity index (χ1n) is 8.34. The number of methoxy groups -OCH3 is 1. The number of fused-ring (bicyclic) bond motifs is 1. The van der Waals surface area contributed by atoms with Crippen molar-refractivity contribution in [2.75, 3.05) is 20.3 Å². The number of phenols is 1. The molecular formula is C20H17NO7. The summed E-state index contributed by atoms with van der Waals surface area (Å²) >= 11 is 0. The van der Waals surface area contributed by atoms with Gasteiger partial charge in [0, 0.05) is 30.0 Å². The van der Waals surface area contributed by atoms with E-state index in [4.69, 9.17) is 14.2 Å². The normalized spacial score (nSPS) is 10.6. The zero-order valence-corrected chi connectivity index (χ0v) is 15.0. The van der Waals surface area contributed by atoms with Crippen LogP contribution in [0.5, 0.6) is 17.2 Å². The van der Waals surface area contributed by atoms with Crippen molar-refractivity contribution in [1.29, 1.82) is 0 Å². The van der Waals surface area contributed by atoms with Crippen LogP contribution in [0.15, 0.2) is 54.6 Å². The van der Waals surface area contributed by atoms with E-state index in [0.29, 0.717) is 23.1 Å². The molecule has 0 atom stereocenters. The smallest absolute Gasteiger partial charge is 0.347 e. The third-order valence-electron chi connectivity index (χ3n) is 4.00. The van der Waals surface area contributed by atoms with Crippen molar-refractivity contribution in [2.45, 2.75) is 0 Å². The molecule has 0 spiro atoms. The number of carbonyl (C=O) groups is 1. The average molecular weight is 383 g/mol. The Balaban J connectivity index is 1.93. The van der Waals surface area contributed by atoms with Gasteiger partial charge in [0.05, 0.1) is 11.5 Å².